The molecule has 0 unspecified atom stereocenters. The van der Waals surface area contributed by atoms with E-state index >= 15 is 0 Å². The van der Waals surface area contributed by atoms with E-state index < -0.39 is 5.60 Å². The number of ether oxygens (including phenoxy) is 1. The predicted octanol–water partition coefficient (Wildman–Crippen LogP) is 3.01. The average molecular weight is 305 g/mol. The quantitative estimate of drug-likeness (QED) is 0.805. The standard InChI is InChI=1S/C16H23N3O3/c1-16(2,3)22-15(20)19-10-8-18(9-11-19)14-6-4-13(5-7-14)12-17-21/h4-7H,8-12H2,1-3H3. The SMILES string of the molecule is CC(C)(C)OC(=O)N1CCN(c2ccc(CN=O)cc2)CC1. The average Bonchev–Trinajstić information content (AvgIpc) is 2.47. The van der Waals surface area contributed by atoms with Gasteiger partial charge >= 0.3 is 6.09 Å². The van der Waals surface area contributed by atoms with Gasteiger partial charge in [0.1, 0.15) is 12.1 Å². The van der Waals surface area contributed by atoms with E-state index in [1.165, 1.54) is 0 Å². The van der Waals surface area contributed by atoms with Crippen molar-refractivity contribution in [1.82, 2.24) is 4.90 Å². The van der Waals surface area contributed by atoms with Crippen LogP contribution in [0.3, 0.4) is 0 Å². The molecule has 0 saturated carbocycles. The van der Waals surface area contributed by atoms with Crippen LogP contribution < -0.4 is 4.90 Å². The van der Waals surface area contributed by atoms with Gasteiger partial charge < -0.3 is 14.5 Å². The first kappa shape index (κ1) is 16.3. The molecule has 1 fully saturated rings. The molecule has 2 rings (SSSR count). The van der Waals surface area contributed by atoms with E-state index in [0.717, 1.165) is 24.3 Å². The first-order valence-corrected chi connectivity index (χ1v) is 7.50. The van der Waals surface area contributed by atoms with Crippen molar-refractivity contribution in [2.75, 3.05) is 31.1 Å². The number of piperazine rings is 1. The van der Waals surface area contributed by atoms with Crippen molar-refractivity contribution in [2.24, 2.45) is 5.18 Å². The van der Waals surface area contributed by atoms with Crippen LogP contribution >= 0.6 is 0 Å². The number of nitroso groups, excluding NO2 is 1. The Hall–Kier alpha value is -2.11. The highest BCUT2D eigenvalue weighted by molar-refractivity contribution is 5.68. The Balaban J connectivity index is 1.89. The summed E-state index contributed by atoms with van der Waals surface area (Å²) in [5.41, 5.74) is 1.54. The molecular weight excluding hydrogens is 282 g/mol. The minimum atomic E-state index is -0.462. The lowest BCUT2D eigenvalue weighted by molar-refractivity contribution is 0.0240. The molecule has 120 valence electrons. The number of rotatable bonds is 3. The van der Waals surface area contributed by atoms with Gasteiger partial charge in [0.15, 0.2) is 0 Å². The Labute approximate surface area is 131 Å². The number of nitrogens with zero attached hydrogens (tertiary/aromatic N) is 3. The van der Waals surface area contributed by atoms with Gasteiger partial charge in [-0.15, -0.1) is 0 Å². The molecule has 1 amide bonds. The molecule has 0 N–H and O–H groups in total. The van der Waals surface area contributed by atoms with Crippen molar-refractivity contribution < 1.29 is 9.53 Å². The molecule has 1 aromatic rings. The van der Waals surface area contributed by atoms with Crippen molar-refractivity contribution in [3.8, 4) is 0 Å². The number of hydrogen-bond acceptors (Lipinski definition) is 5. The summed E-state index contributed by atoms with van der Waals surface area (Å²) in [5, 5.41) is 2.88. The van der Waals surface area contributed by atoms with Gasteiger partial charge in [0.25, 0.3) is 0 Å². The van der Waals surface area contributed by atoms with E-state index in [2.05, 4.69) is 10.1 Å². The van der Waals surface area contributed by atoms with Crippen LogP contribution in [-0.2, 0) is 11.3 Å². The topological polar surface area (TPSA) is 62.2 Å². The summed E-state index contributed by atoms with van der Waals surface area (Å²) in [7, 11) is 0. The van der Waals surface area contributed by atoms with Crippen LogP contribution in [0.15, 0.2) is 29.4 Å². The Morgan fingerprint density at radius 3 is 2.23 bits per heavy atom. The Morgan fingerprint density at radius 2 is 1.73 bits per heavy atom. The number of hydrogen-bond donors (Lipinski definition) is 0. The maximum Gasteiger partial charge on any atom is 0.410 e. The van der Waals surface area contributed by atoms with Crippen LogP contribution in [0.4, 0.5) is 10.5 Å². The van der Waals surface area contributed by atoms with Crippen molar-refractivity contribution in [2.45, 2.75) is 32.9 Å². The largest absolute Gasteiger partial charge is 0.444 e. The maximum absolute atomic E-state index is 12.0. The fraction of sp³-hybridized carbons (Fsp3) is 0.562. The Bertz CT molecular complexity index is 514. The maximum atomic E-state index is 12.0. The van der Waals surface area contributed by atoms with Crippen LogP contribution in [0.5, 0.6) is 0 Å². The molecule has 6 heteroatoms. The molecule has 1 aromatic carbocycles. The second-order valence-electron chi connectivity index (χ2n) is 6.41. The molecular formula is C16H23N3O3. The highest BCUT2D eigenvalue weighted by atomic mass is 16.6. The fourth-order valence-corrected chi connectivity index (χ4v) is 2.36. The molecule has 0 aromatic heterocycles. The van der Waals surface area contributed by atoms with Gasteiger partial charge in [-0.25, -0.2) is 4.79 Å². The lowest BCUT2D eigenvalue weighted by Gasteiger charge is -2.36. The summed E-state index contributed by atoms with van der Waals surface area (Å²) < 4.78 is 5.39. The van der Waals surface area contributed by atoms with Crippen LogP contribution in [0.25, 0.3) is 0 Å². The lowest BCUT2D eigenvalue weighted by atomic mass is 10.2. The minimum Gasteiger partial charge on any atom is -0.444 e. The van der Waals surface area contributed by atoms with Gasteiger partial charge in [0.2, 0.25) is 0 Å². The molecule has 1 aliphatic heterocycles. The van der Waals surface area contributed by atoms with Gasteiger partial charge in [-0.05, 0) is 38.5 Å². The van der Waals surface area contributed by atoms with Crippen molar-refractivity contribution >= 4 is 11.8 Å². The normalized spacial score (nSPS) is 15.6. The second kappa shape index (κ2) is 6.77. The van der Waals surface area contributed by atoms with Crippen molar-refractivity contribution in [3.63, 3.8) is 0 Å². The number of anilines is 1. The lowest BCUT2D eigenvalue weighted by Crippen LogP contribution is -2.50. The van der Waals surface area contributed by atoms with Crippen LogP contribution in [0.2, 0.25) is 0 Å². The summed E-state index contributed by atoms with van der Waals surface area (Å²) in [6.07, 6.45) is -0.250. The summed E-state index contributed by atoms with van der Waals surface area (Å²) in [6, 6.07) is 7.81. The van der Waals surface area contributed by atoms with E-state index in [4.69, 9.17) is 4.74 Å². The summed E-state index contributed by atoms with van der Waals surface area (Å²) in [6.45, 7) is 8.64. The highest BCUT2D eigenvalue weighted by Gasteiger charge is 2.25. The first-order valence-electron chi connectivity index (χ1n) is 7.50. The third-order valence-electron chi connectivity index (χ3n) is 3.48. The summed E-state index contributed by atoms with van der Waals surface area (Å²) in [4.78, 5) is 26.2. The minimum absolute atomic E-state index is 0.201. The van der Waals surface area contributed by atoms with E-state index in [9.17, 15) is 9.70 Å². The third-order valence-corrected chi connectivity index (χ3v) is 3.48. The number of carbonyl (C=O) groups is 1. The summed E-state index contributed by atoms with van der Waals surface area (Å²) in [5.74, 6) is 0. The smallest absolute Gasteiger partial charge is 0.410 e. The molecule has 1 heterocycles. The van der Waals surface area contributed by atoms with E-state index in [-0.39, 0.29) is 12.6 Å². The molecule has 0 spiro atoms. The molecule has 1 aliphatic rings. The molecule has 0 atom stereocenters. The molecule has 6 nitrogen and oxygen atoms in total. The van der Waals surface area contributed by atoms with Gasteiger partial charge in [0.05, 0.1) is 0 Å². The monoisotopic (exact) mass is 305 g/mol. The molecule has 0 aliphatic carbocycles. The molecule has 0 bridgehead atoms. The van der Waals surface area contributed by atoms with Crippen molar-refractivity contribution in [3.05, 3.63) is 34.7 Å². The number of carbonyl (C=O) groups excluding carboxylic acids is 1. The van der Waals surface area contributed by atoms with Crippen molar-refractivity contribution in [1.29, 1.82) is 0 Å². The zero-order valence-corrected chi connectivity index (χ0v) is 13.4. The second-order valence-corrected chi connectivity index (χ2v) is 6.41. The number of benzene rings is 1. The molecule has 1 saturated heterocycles. The van der Waals surface area contributed by atoms with Gasteiger partial charge in [-0.1, -0.05) is 17.3 Å². The van der Waals surface area contributed by atoms with E-state index in [1.807, 2.05) is 45.0 Å². The van der Waals surface area contributed by atoms with Crippen LogP contribution in [-0.4, -0.2) is 42.8 Å². The Morgan fingerprint density at radius 1 is 1.14 bits per heavy atom. The van der Waals surface area contributed by atoms with Gasteiger partial charge in [-0.2, -0.15) is 4.91 Å². The van der Waals surface area contributed by atoms with Gasteiger partial charge in [0, 0.05) is 31.9 Å². The molecule has 22 heavy (non-hydrogen) atoms. The Kier molecular flexibility index (Phi) is 5.00. The van der Waals surface area contributed by atoms with E-state index in [0.29, 0.717) is 13.1 Å². The summed E-state index contributed by atoms with van der Waals surface area (Å²) >= 11 is 0. The van der Waals surface area contributed by atoms with Crippen LogP contribution in [0, 0.1) is 4.91 Å². The first-order chi connectivity index (χ1) is 10.4. The zero-order chi connectivity index (χ0) is 16.2. The third kappa shape index (κ3) is 4.44. The zero-order valence-electron chi connectivity index (χ0n) is 13.4. The highest BCUT2D eigenvalue weighted by Crippen LogP contribution is 2.19. The van der Waals surface area contributed by atoms with Crippen LogP contribution in [0.1, 0.15) is 26.3 Å². The fourth-order valence-electron chi connectivity index (χ4n) is 2.36. The number of amides is 1. The predicted molar refractivity (Wildman–Crippen MR) is 86.0 cm³/mol. The van der Waals surface area contributed by atoms with E-state index in [1.54, 1.807) is 4.90 Å². The van der Waals surface area contributed by atoms with Gasteiger partial charge in [-0.3, -0.25) is 0 Å². The molecule has 0 radical (unpaired) electrons.